The number of ether oxygens (including phenoxy) is 1. The van der Waals surface area contributed by atoms with Crippen LogP contribution in [0.3, 0.4) is 0 Å². The number of nitrogens with zero attached hydrogens (tertiary/aromatic N) is 4. The zero-order valence-electron chi connectivity index (χ0n) is 12.1. The third-order valence-corrected chi connectivity index (χ3v) is 3.67. The highest BCUT2D eigenvalue weighted by Crippen LogP contribution is 2.23. The molecule has 0 aliphatic heterocycles. The number of aryl methyl sites for hydroxylation is 1. The Labute approximate surface area is 135 Å². The molecule has 0 spiro atoms. The Bertz CT molecular complexity index is 839. The molecule has 0 radical (unpaired) electrons. The third-order valence-electron chi connectivity index (χ3n) is 3.06. The molecule has 0 saturated carbocycles. The number of halogens is 1. The summed E-state index contributed by atoms with van der Waals surface area (Å²) >= 11 is 3.40. The molecule has 3 rings (SSSR count). The maximum atomic E-state index is 12.4. The number of nitrogens with one attached hydrogen (secondary N) is 1. The van der Waals surface area contributed by atoms with Crippen molar-refractivity contribution >= 4 is 33.0 Å². The molecule has 1 amide bonds. The van der Waals surface area contributed by atoms with E-state index < -0.39 is 0 Å². The quantitative estimate of drug-likeness (QED) is 0.772. The summed E-state index contributed by atoms with van der Waals surface area (Å²) in [5.74, 6) is 0.156. The highest BCUT2D eigenvalue weighted by Gasteiger charge is 2.14. The highest BCUT2D eigenvalue weighted by molar-refractivity contribution is 9.10. The lowest BCUT2D eigenvalue weighted by Gasteiger charge is -2.06. The van der Waals surface area contributed by atoms with Crippen LogP contribution in [0.25, 0.3) is 5.52 Å². The second kappa shape index (κ2) is 5.80. The van der Waals surface area contributed by atoms with Gasteiger partial charge in [-0.3, -0.25) is 9.48 Å². The van der Waals surface area contributed by atoms with Crippen LogP contribution in [-0.4, -0.2) is 31.9 Å². The van der Waals surface area contributed by atoms with Gasteiger partial charge in [0.25, 0.3) is 11.8 Å². The molecular weight excluding hydrogens is 350 g/mol. The first kappa shape index (κ1) is 14.6. The van der Waals surface area contributed by atoms with Crippen LogP contribution in [-0.2, 0) is 7.05 Å². The van der Waals surface area contributed by atoms with Crippen molar-refractivity contribution in [2.24, 2.45) is 7.05 Å². The van der Waals surface area contributed by atoms with Gasteiger partial charge < -0.3 is 10.1 Å². The van der Waals surface area contributed by atoms with Crippen molar-refractivity contribution in [1.29, 1.82) is 0 Å². The van der Waals surface area contributed by atoms with Gasteiger partial charge in [0.15, 0.2) is 0 Å². The molecule has 1 N–H and O–H groups in total. The second-order valence-corrected chi connectivity index (χ2v) is 5.50. The summed E-state index contributed by atoms with van der Waals surface area (Å²) in [6.45, 7) is 2.34. The topological polar surface area (TPSA) is 73.4 Å². The van der Waals surface area contributed by atoms with Crippen molar-refractivity contribution in [2.75, 3.05) is 11.9 Å². The van der Waals surface area contributed by atoms with Crippen LogP contribution >= 0.6 is 15.9 Å². The van der Waals surface area contributed by atoms with Crippen molar-refractivity contribution in [3.8, 4) is 5.88 Å². The Hall–Kier alpha value is -2.35. The van der Waals surface area contributed by atoms with E-state index in [9.17, 15) is 4.79 Å². The molecule has 0 fully saturated rings. The molecule has 0 aliphatic carbocycles. The minimum atomic E-state index is -0.248. The molecule has 0 unspecified atom stereocenters. The van der Waals surface area contributed by atoms with Gasteiger partial charge in [0, 0.05) is 13.2 Å². The monoisotopic (exact) mass is 363 g/mol. The van der Waals surface area contributed by atoms with E-state index in [1.807, 2.05) is 13.0 Å². The number of amides is 1. The van der Waals surface area contributed by atoms with Crippen molar-refractivity contribution in [2.45, 2.75) is 6.92 Å². The van der Waals surface area contributed by atoms with E-state index in [1.165, 1.54) is 0 Å². The number of anilines is 1. The second-order valence-electron chi connectivity index (χ2n) is 4.65. The van der Waals surface area contributed by atoms with Crippen LogP contribution in [0.4, 0.5) is 5.69 Å². The molecule has 0 atom stereocenters. The molecule has 3 heterocycles. The summed E-state index contributed by atoms with van der Waals surface area (Å²) in [6.07, 6.45) is 5.06. The fourth-order valence-corrected chi connectivity index (χ4v) is 2.48. The number of rotatable bonds is 4. The average Bonchev–Trinajstić information content (AvgIpc) is 3.03. The zero-order chi connectivity index (χ0) is 15.7. The van der Waals surface area contributed by atoms with Crippen molar-refractivity contribution < 1.29 is 9.53 Å². The van der Waals surface area contributed by atoms with E-state index in [2.05, 4.69) is 31.4 Å². The van der Waals surface area contributed by atoms with E-state index in [0.717, 1.165) is 9.99 Å². The van der Waals surface area contributed by atoms with Crippen molar-refractivity contribution in [3.05, 3.63) is 40.8 Å². The number of hydrogen-bond donors (Lipinski definition) is 1. The van der Waals surface area contributed by atoms with E-state index in [1.54, 1.807) is 40.9 Å². The van der Waals surface area contributed by atoms with Gasteiger partial charge >= 0.3 is 0 Å². The molecule has 8 heteroatoms. The number of fused-ring (bicyclic) bond motifs is 1. The van der Waals surface area contributed by atoms with Gasteiger partial charge in [0.1, 0.15) is 5.69 Å². The Morgan fingerprint density at radius 3 is 3.00 bits per heavy atom. The standard InChI is InChI=1S/C14H14BrN5O2/c1-3-22-14-11(8-19(2)18-14)17-13(21)9-4-5-12-10(15)6-16-20(12)7-9/h4-8H,3H2,1-2H3,(H,17,21). The molecule has 114 valence electrons. The first-order chi connectivity index (χ1) is 10.6. The molecule has 0 saturated heterocycles. The van der Waals surface area contributed by atoms with Crippen LogP contribution in [0.2, 0.25) is 0 Å². The zero-order valence-corrected chi connectivity index (χ0v) is 13.7. The SMILES string of the molecule is CCOc1nn(C)cc1NC(=O)c1ccc2c(Br)cnn2c1. The summed E-state index contributed by atoms with van der Waals surface area (Å²) < 4.78 is 9.51. The predicted molar refractivity (Wildman–Crippen MR) is 85.2 cm³/mol. The lowest BCUT2D eigenvalue weighted by atomic mass is 10.2. The van der Waals surface area contributed by atoms with Gasteiger partial charge in [-0.05, 0) is 35.0 Å². The number of carbonyl (C=O) groups is 1. The van der Waals surface area contributed by atoms with Crippen LogP contribution < -0.4 is 10.1 Å². The summed E-state index contributed by atoms with van der Waals surface area (Å²) in [5, 5.41) is 11.1. The van der Waals surface area contributed by atoms with E-state index in [4.69, 9.17) is 4.74 Å². The lowest BCUT2D eigenvalue weighted by Crippen LogP contribution is -2.13. The minimum Gasteiger partial charge on any atom is -0.475 e. The summed E-state index contributed by atoms with van der Waals surface area (Å²) in [7, 11) is 1.77. The van der Waals surface area contributed by atoms with Crippen molar-refractivity contribution in [1.82, 2.24) is 19.4 Å². The normalized spacial score (nSPS) is 10.9. The van der Waals surface area contributed by atoms with Gasteiger partial charge in [-0.1, -0.05) is 0 Å². The molecule has 3 aromatic heterocycles. The van der Waals surface area contributed by atoms with Gasteiger partial charge in [-0.25, -0.2) is 4.52 Å². The summed E-state index contributed by atoms with van der Waals surface area (Å²) in [4.78, 5) is 12.4. The highest BCUT2D eigenvalue weighted by atomic mass is 79.9. The van der Waals surface area contributed by atoms with E-state index >= 15 is 0 Å². The Morgan fingerprint density at radius 2 is 2.23 bits per heavy atom. The van der Waals surface area contributed by atoms with Gasteiger partial charge in [-0.2, -0.15) is 5.10 Å². The first-order valence-corrected chi connectivity index (χ1v) is 7.48. The first-order valence-electron chi connectivity index (χ1n) is 6.69. The van der Waals surface area contributed by atoms with Gasteiger partial charge in [0.05, 0.1) is 34.6 Å². The third kappa shape index (κ3) is 2.69. The van der Waals surface area contributed by atoms with Crippen molar-refractivity contribution in [3.63, 3.8) is 0 Å². The fraction of sp³-hybridized carbons (Fsp3) is 0.214. The van der Waals surface area contributed by atoms with Crippen LogP contribution in [0.15, 0.2) is 35.2 Å². The number of aromatic nitrogens is 4. The number of hydrogen-bond acceptors (Lipinski definition) is 4. The Morgan fingerprint density at radius 1 is 1.41 bits per heavy atom. The predicted octanol–water partition coefficient (Wildman–Crippen LogP) is 2.48. The average molecular weight is 364 g/mol. The largest absolute Gasteiger partial charge is 0.475 e. The number of carbonyl (C=O) groups excluding carboxylic acids is 1. The fourth-order valence-electron chi connectivity index (χ4n) is 2.08. The van der Waals surface area contributed by atoms with E-state index in [0.29, 0.717) is 23.7 Å². The molecule has 0 aromatic carbocycles. The molecule has 7 nitrogen and oxygen atoms in total. The van der Waals surface area contributed by atoms with E-state index in [-0.39, 0.29) is 5.91 Å². The molecule has 0 aliphatic rings. The number of pyridine rings is 1. The van der Waals surface area contributed by atoms with Crippen LogP contribution in [0, 0.1) is 0 Å². The van der Waals surface area contributed by atoms with Crippen LogP contribution in [0.5, 0.6) is 5.88 Å². The summed E-state index contributed by atoms with van der Waals surface area (Å²) in [5.41, 5.74) is 1.93. The minimum absolute atomic E-state index is 0.248. The maximum absolute atomic E-state index is 12.4. The smallest absolute Gasteiger partial charge is 0.257 e. The lowest BCUT2D eigenvalue weighted by molar-refractivity contribution is 0.102. The van der Waals surface area contributed by atoms with Crippen LogP contribution in [0.1, 0.15) is 17.3 Å². The molecule has 0 bridgehead atoms. The Balaban J connectivity index is 1.86. The van der Waals surface area contributed by atoms with Gasteiger partial charge in [-0.15, -0.1) is 5.10 Å². The maximum Gasteiger partial charge on any atom is 0.257 e. The molecule has 22 heavy (non-hydrogen) atoms. The van der Waals surface area contributed by atoms with Gasteiger partial charge in [0.2, 0.25) is 0 Å². The molecule has 3 aromatic rings. The molecular formula is C14H14BrN5O2. The Kier molecular flexibility index (Phi) is 3.84. The summed E-state index contributed by atoms with van der Waals surface area (Å²) in [6, 6.07) is 3.58.